The summed E-state index contributed by atoms with van der Waals surface area (Å²) in [6.07, 6.45) is 7.04. The predicted molar refractivity (Wildman–Crippen MR) is 79.7 cm³/mol. The summed E-state index contributed by atoms with van der Waals surface area (Å²) < 4.78 is 1.24. The molecule has 3 heteroatoms. The van der Waals surface area contributed by atoms with E-state index in [9.17, 15) is 0 Å². The molecule has 0 amide bonds. The second kappa shape index (κ2) is 6.91. The quantitative estimate of drug-likeness (QED) is 0.816. The molecule has 1 aromatic rings. The second-order valence-electron chi connectivity index (χ2n) is 5.05. The number of nitrogens with one attached hydrogen (secondary N) is 1. The maximum atomic E-state index is 3.55. The third kappa shape index (κ3) is 4.08. The molecule has 17 heavy (non-hydrogen) atoms. The summed E-state index contributed by atoms with van der Waals surface area (Å²) in [6.45, 7) is 4.49. The van der Waals surface area contributed by atoms with Crippen molar-refractivity contribution in [3.63, 3.8) is 0 Å². The molecular formula is C14H22BrNS. The normalized spacial score (nSPS) is 18.7. The van der Waals surface area contributed by atoms with Crippen LogP contribution in [-0.4, -0.2) is 13.1 Å². The molecule has 1 fully saturated rings. The van der Waals surface area contributed by atoms with Crippen LogP contribution in [0.2, 0.25) is 0 Å². The van der Waals surface area contributed by atoms with E-state index < -0.39 is 0 Å². The highest BCUT2D eigenvalue weighted by Crippen LogP contribution is 2.34. The molecule has 0 radical (unpaired) electrons. The highest BCUT2D eigenvalue weighted by atomic mass is 79.9. The number of hydrogen-bond donors (Lipinski definition) is 1. The zero-order valence-electron chi connectivity index (χ0n) is 10.5. The minimum absolute atomic E-state index is 0.836. The van der Waals surface area contributed by atoms with Gasteiger partial charge in [-0.3, -0.25) is 0 Å². The summed E-state index contributed by atoms with van der Waals surface area (Å²) in [5, 5.41) is 5.75. The van der Waals surface area contributed by atoms with E-state index in [1.807, 2.05) is 11.3 Å². The molecule has 1 saturated carbocycles. The fraction of sp³-hybridized carbons (Fsp3) is 0.714. The first-order valence-electron chi connectivity index (χ1n) is 6.73. The second-order valence-corrected chi connectivity index (χ2v) is 6.96. The smallest absolute Gasteiger partial charge is 0.0285 e. The Kier molecular flexibility index (Phi) is 5.51. The van der Waals surface area contributed by atoms with Crippen molar-refractivity contribution in [3.05, 3.63) is 20.8 Å². The van der Waals surface area contributed by atoms with E-state index >= 15 is 0 Å². The number of hydrogen-bond acceptors (Lipinski definition) is 2. The van der Waals surface area contributed by atoms with E-state index in [1.54, 1.807) is 0 Å². The summed E-state index contributed by atoms with van der Waals surface area (Å²) in [4.78, 5) is 1.53. The molecule has 1 atom stereocenters. The van der Waals surface area contributed by atoms with Gasteiger partial charge in [-0.15, -0.1) is 11.3 Å². The fourth-order valence-corrected chi connectivity index (χ4v) is 4.43. The maximum absolute atomic E-state index is 3.55. The van der Waals surface area contributed by atoms with Crippen LogP contribution in [0.3, 0.4) is 0 Å². The van der Waals surface area contributed by atoms with Crippen LogP contribution in [0.15, 0.2) is 15.9 Å². The molecular weight excluding hydrogens is 294 g/mol. The van der Waals surface area contributed by atoms with E-state index in [0.717, 1.165) is 18.4 Å². The summed E-state index contributed by atoms with van der Waals surface area (Å²) >= 11 is 5.45. The molecule has 96 valence electrons. The molecule has 0 aromatic carbocycles. The third-order valence-corrected chi connectivity index (χ3v) is 5.53. The molecule has 1 N–H and O–H groups in total. The van der Waals surface area contributed by atoms with Crippen LogP contribution < -0.4 is 5.32 Å². The average Bonchev–Trinajstić information content (AvgIpc) is 2.95. The monoisotopic (exact) mass is 315 g/mol. The van der Waals surface area contributed by atoms with Gasteiger partial charge < -0.3 is 5.32 Å². The SMILES string of the molecule is CCNCC(Cc1cc(Br)cs1)C1CCCC1. The Labute approximate surface area is 117 Å². The summed E-state index contributed by atoms with van der Waals surface area (Å²) in [5.41, 5.74) is 0. The van der Waals surface area contributed by atoms with Gasteiger partial charge in [0.25, 0.3) is 0 Å². The molecule has 0 aliphatic heterocycles. The topological polar surface area (TPSA) is 12.0 Å². The van der Waals surface area contributed by atoms with Gasteiger partial charge in [0.1, 0.15) is 0 Å². The molecule has 0 spiro atoms. The van der Waals surface area contributed by atoms with Gasteiger partial charge in [0.2, 0.25) is 0 Å². The number of halogens is 1. The van der Waals surface area contributed by atoms with Crippen LogP contribution in [0.4, 0.5) is 0 Å². The van der Waals surface area contributed by atoms with E-state index in [2.05, 4.69) is 39.6 Å². The van der Waals surface area contributed by atoms with Crippen LogP contribution in [0.25, 0.3) is 0 Å². The lowest BCUT2D eigenvalue weighted by atomic mass is 9.87. The van der Waals surface area contributed by atoms with E-state index in [4.69, 9.17) is 0 Å². The Hall–Kier alpha value is 0.140. The van der Waals surface area contributed by atoms with E-state index in [1.165, 1.54) is 48.0 Å². The van der Waals surface area contributed by atoms with Crippen LogP contribution >= 0.6 is 27.3 Å². The highest BCUT2D eigenvalue weighted by molar-refractivity contribution is 9.10. The lowest BCUT2D eigenvalue weighted by Gasteiger charge is -2.23. The number of thiophene rings is 1. The molecule has 0 bridgehead atoms. The van der Waals surface area contributed by atoms with Crippen molar-refractivity contribution >= 4 is 27.3 Å². The standard InChI is InChI=1S/C14H22BrNS/c1-2-16-9-12(11-5-3-4-6-11)7-14-8-13(15)10-17-14/h8,10-12,16H,2-7,9H2,1H3. The van der Waals surface area contributed by atoms with Crippen molar-refractivity contribution in [2.75, 3.05) is 13.1 Å². The summed E-state index contributed by atoms with van der Waals surface area (Å²) in [7, 11) is 0. The zero-order chi connectivity index (χ0) is 12.1. The molecule has 1 aliphatic carbocycles. The Morgan fingerprint density at radius 1 is 1.47 bits per heavy atom. The highest BCUT2D eigenvalue weighted by Gasteiger charge is 2.25. The van der Waals surface area contributed by atoms with Crippen LogP contribution in [0.1, 0.15) is 37.5 Å². The molecule has 1 nitrogen and oxygen atoms in total. The van der Waals surface area contributed by atoms with Crippen LogP contribution in [0, 0.1) is 11.8 Å². The average molecular weight is 316 g/mol. The van der Waals surface area contributed by atoms with Gasteiger partial charge in [-0.25, -0.2) is 0 Å². The predicted octanol–water partition coefficient (Wildman–Crippen LogP) is 4.47. The largest absolute Gasteiger partial charge is 0.317 e. The lowest BCUT2D eigenvalue weighted by molar-refractivity contribution is 0.325. The summed E-state index contributed by atoms with van der Waals surface area (Å²) in [6, 6.07) is 2.29. The molecule has 1 aliphatic rings. The Bertz CT molecular complexity index is 331. The van der Waals surface area contributed by atoms with Crippen molar-refractivity contribution < 1.29 is 0 Å². The zero-order valence-corrected chi connectivity index (χ0v) is 12.9. The Morgan fingerprint density at radius 3 is 2.82 bits per heavy atom. The Morgan fingerprint density at radius 2 is 2.24 bits per heavy atom. The Balaban J connectivity index is 1.94. The van der Waals surface area contributed by atoms with Gasteiger partial charge >= 0.3 is 0 Å². The number of rotatable bonds is 6. The van der Waals surface area contributed by atoms with Gasteiger partial charge in [0.05, 0.1) is 0 Å². The van der Waals surface area contributed by atoms with Gasteiger partial charge in [-0.2, -0.15) is 0 Å². The van der Waals surface area contributed by atoms with E-state index in [0.29, 0.717) is 0 Å². The van der Waals surface area contributed by atoms with Gasteiger partial charge in [-0.1, -0.05) is 32.6 Å². The molecule has 2 rings (SSSR count). The fourth-order valence-electron chi connectivity index (χ4n) is 2.88. The van der Waals surface area contributed by atoms with Crippen molar-refractivity contribution in [1.29, 1.82) is 0 Å². The van der Waals surface area contributed by atoms with E-state index in [-0.39, 0.29) is 0 Å². The van der Waals surface area contributed by atoms with Crippen molar-refractivity contribution in [2.45, 2.75) is 39.0 Å². The third-order valence-electron chi connectivity index (χ3n) is 3.81. The van der Waals surface area contributed by atoms with Crippen LogP contribution in [-0.2, 0) is 6.42 Å². The first kappa shape index (κ1) is 13.6. The van der Waals surface area contributed by atoms with Crippen molar-refractivity contribution in [3.8, 4) is 0 Å². The summed E-state index contributed by atoms with van der Waals surface area (Å²) in [5.74, 6) is 1.79. The van der Waals surface area contributed by atoms with Gasteiger partial charge in [-0.05, 0) is 53.3 Å². The lowest BCUT2D eigenvalue weighted by Crippen LogP contribution is -2.28. The van der Waals surface area contributed by atoms with Crippen molar-refractivity contribution in [2.24, 2.45) is 11.8 Å². The minimum atomic E-state index is 0.836. The molecule has 1 aromatic heterocycles. The van der Waals surface area contributed by atoms with Crippen molar-refractivity contribution in [1.82, 2.24) is 5.32 Å². The first-order valence-corrected chi connectivity index (χ1v) is 8.40. The van der Waals surface area contributed by atoms with Gasteiger partial charge in [0, 0.05) is 14.7 Å². The molecule has 1 unspecified atom stereocenters. The minimum Gasteiger partial charge on any atom is -0.317 e. The maximum Gasteiger partial charge on any atom is 0.0285 e. The molecule has 0 saturated heterocycles. The van der Waals surface area contributed by atoms with Gasteiger partial charge in [0.15, 0.2) is 0 Å². The first-order chi connectivity index (χ1) is 8.29. The van der Waals surface area contributed by atoms with Crippen LogP contribution in [0.5, 0.6) is 0 Å². The molecule has 1 heterocycles.